The zero-order valence-electron chi connectivity index (χ0n) is 21.0. The van der Waals surface area contributed by atoms with Gasteiger partial charge in [0.05, 0.1) is 18.5 Å². The number of amides is 3. The highest BCUT2D eigenvalue weighted by molar-refractivity contribution is 6.38. The van der Waals surface area contributed by atoms with Crippen molar-refractivity contribution in [3.05, 3.63) is 102 Å². The van der Waals surface area contributed by atoms with E-state index in [0.717, 1.165) is 11.1 Å². The number of Topliss-reactive ketones (excluding diaryl/α,β-unsaturated/α-hetero) is 1. The van der Waals surface area contributed by atoms with Gasteiger partial charge in [-0.25, -0.2) is 0 Å². The average Bonchev–Trinajstić information content (AvgIpc) is 2.93. The van der Waals surface area contributed by atoms with Crippen LogP contribution in [0, 0.1) is 0 Å². The molecular weight excluding hydrogens is 484 g/mol. The summed E-state index contributed by atoms with van der Waals surface area (Å²) in [4.78, 5) is 66.7. The monoisotopic (exact) mass is 514 g/mol. The van der Waals surface area contributed by atoms with Crippen molar-refractivity contribution in [2.45, 2.75) is 44.3 Å². The molecule has 0 aliphatic carbocycles. The van der Waals surface area contributed by atoms with Crippen LogP contribution in [0.25, 0.3) is 0 Å². The van der Waals surface area contributed by atoms with E-state index in [9.17, 15) is 24.0 Å². The van der Waals surface area contributed by atoms with Crippen molar-refractivity contribution in [2.24, 2.45) is 0 Å². The van der Waals surface area contributed by atoms with Gasteiger partial charge in [-0.2, -0.15) is 0 Å². The molecule has 0 radical (unpaired) electrons. The lowest BCUT2D eigenvalue weighted by molar-refractivity contribution is -0.140. The van der Waals surface area contributed by atoms with Crippen LogP contribution in [0.2, 0.25) is 0 Å². The Labute approximate surface area is 221 Å². The highest BCUT2D eigenvalue weighted by Gasteiger charge is 2.29. The molecule has 38 heavy (non-hydrogen) atoms. The van der Waals surface area contributed by atoms with Gasteiger partial charge in [0.2, 0.25) is 17.6 Å². The second-order valence-electron chi connectivity index (χ2n) is 8.81. The molecule has 0 saturated carbocycles. The van der Waals surface area contributed by atoms with Crippen LogP contribution in [-0.2, 0) is 43.2 Å². The van der Waals surface area contributed by atoms with Crippen LogP contribution in [0.3, 0.4) is 0 Å². The van der Waals surface area contributed by atoms with E-state index in [2.05, 4.69) is 20.9 Å². The number of hydrogen-bond acceptors (Lipinski definition) is 6. The molecule has 196 valence electrons. The SMILES string of the molecule is CC(NC(=O)[C@H](Cc1ccccn1)NC(=O)Cc1ccccc1)C(=O)C(=O)N[C@H](C=O)Cc1ccccc1. The molecule has 1 unspecified atom stereocenters. The quantitative estimate of drug-likeness (QED) is 0.233. The van der Waals surface area contributed by atoms with Gasteiger partial charge in [-0.3, -0.25) is 24.2 Å². The molecule has 9 heteroatoms. The Hall–Kier alpha value is -4.66. The fourth-order valence-electron chi connectivity index (χ4n) is 3.78. The van der Waals surface area contributed by atoms with Gasteiger partial charge in [-0.05, 0) is 36.6 Å². The third-order valence-electron chi connectivity index (χ3n) is 5.75. The third-order valence-corrected chi connectivity index (χ3v) is 5.75. The number of rotatable bonds is 13. The Kier molecular flexibility index (Phi) is 10.4. The predicted octanol–water partition coefficient (Wildman–Crippen LogP) is 1.35. The molecule has 0 spiro atoms. The van der Waals surface area contributed by atoms with E-state index in [1.165, 1.54) is 6.92 Å². The standard InChI is InChI=1S/C29H30N4O5/c1-20(27(36)29(38)32-24(19-34)16-21-10-4-2-5-11-21)31-28(37)25(18-23-14-8-9-15-30-23)33-26(35)17-22-12-6-3-7-13-22/h2-15,19-20,24-25H,16-18H2,1H3,(H,31,37)(H,32,38)(H,33,35)/t20?,24-,25-/m0/s1. The Morgan fingerprint density at radius 3 is 2.03 bits per heavy atom. The molecule has 3 aromatic rings. The zero-order valence-corrected chi connectivity index (χ0v) is 21.0. The first-order valence-electron chi connectivity index (χ1n) is 12.2. The van der Waals surface area contributed by atoms with Gasteiger partial charge in [0.15, 0.2) is 0 Å². The van der Waals surface area contributed by atoms with Gasteiger partial charge < -0.3 is 20.7 Å². The number of pyridine rings is 1. The second kappa shape index (κ2) is 14.2. The molecule has 0 bridgehead atoms. The fourth-order valence-corrected chi connectivity index (χ4v) is 3.78. The Morgan fingerprint density at radius 1 is 0.789 bits per heavy atom. The maximum Gasteiger partial charge on any atom is 0.290 e. The fraction of sp³-hybridized carbons (Fsp3) is 0.241. The van der Waals surface area contributed by atoms with E-state index in [1.54, 1.807) is 48.7 Å². The molecule has 1 aromatic heterocycles. The first-order valence-corrected chi connectivity index (χ1v) is 12.2. The summed E-state index contributed by atoms with van der Waals surface area (Å²) >= 11 is 0. The molecule has 3 amide bonds. The third kappa shape index (κ3) is 8.77. The van der Waals surface area contributed by atoms with Crippen molar-refractivity contribution in [2.75, 3.05) is 0 Å². The van der Waals surface area contributed by atoms with Crippen molar-refractivity contribution < 1.29 is 24.0 Å². The summed E-state index contributed by atoms with van der Waals surface area (Å²) in [6.07, 6.45) is 2.52. The van der Waals surface area contributed by atoms with E-state index in [-0.39, 0.29) is 25.2 Å². The van der Waals surface area contributed by atoms with Crippen LogP contribution in [0.5, 0.6) is 0 Å². The minimum atomic E-state index is -1.19. The first-order chi connectivity index (χ1) is 18.4. The maximum atomic E-state index is 13.1. The number of nitrogens with one attached hydrogen (secondary N) is 3. The number of aromatic nitrogens is 1. The summed E-state index contributed by atoms with van der Waals surface area (Å²) < 4.78 is 0. The number of nitrogens with zero attached hydrogens (tertiary/aromatic N) is 1. The lowest BCUT2D eigenvalue weighted by Gasteiger charge is -2.21. The largest absolute Gasteiger partial charge is 0.344 e. The number of aldehydes is 1. The lowest BCUT2D eigenvalue weighted by atomic mass is 10.1. The van der Waals surface area contributed by atoms with Crippen LogP contribution in [0.15, 0.2) is 85.1 Å². The molecule has 0 saturated heterocycles. The van der Waals surface area contributed by atoms with E-state index < -0.39 is 35.7 Å². The minimum Gasteiger partial charge on any atom is -0.344 e. The minimum absolute atomic E-state index is 0.0677. The van der Waals surface area contributed by atoms with Crippen molar-refractivity contribution in [3.8, 4) is 0 Å². The topological polar surface area (TPSA) is 134 Å². The van der Waals surface area contributed by atoms with Crippen LogP contribution in [0.4, 0.5) is 0 Å². The smallest absolute Gasteiger partial charge is 0.290 e. The van der Waals surface area contributed by atoms with Crippen molar-refractivity contribution in [1.29, 1.82) is 0 Å². The molecule has 9 nitrogen and oxygen atoms in total. The van der Waals surface area contributed by atoms with E-state index >= 15 is 0 Å². The molecule has 3 rings (SSSR count). The van der Waals surface area contributed by atoms with Gasteiger partial charge in [0, 0.05) is 18.3 Å². The molecular formula is C29H30N4O5. The van der Waals surface area contributed by atoms with Gasteiger partial charge in [0.25, 0.3) is 5.91 Å². The summed E-state index contributed by atoms with van der Waals surface area (Å²) in [5.41, 5.74) is 2.17. The van der Waals surface area contributed by atoms with Gasteiger partial charge >= 0.3 is 0 Å². The van der Waals surface area contributed by atoms with Crippen molar-refractivity contribution >= 4 is 29.8 Å². The van der Waals surface area contributed by atoms with Crippen molar-refractivity contribution in [3.63, 3.8) is 0 Å². The summed E-state index contributed by atoms with van der Waals surface area (Å²) in [6, 6.07) is 20.2. The Morgan fingerprint density at radius 2 is 1.42 bits per heavy atom. The van der Waals surface area contributed by atoms with Crippen LogP contribution < -0.4 is 16.0 Å². The summed E-state index contributed by atoms with van der Waals surface area (Å²) in [6.45, 7) is 1.37. The molecule has 3 N–H and O–H groups in total. The van der Waals surface area contributed by atoms with Crippen LogP contribution in [0.1, 0.15) is 23.7 Å². The number of carbonyl (C=O) groups is 5. The second-order valence-corrected chi connectivity index (χ2v) is 8.81. The highest BCUT2D eigenvalue weighted by atomic mass is 16.2. The normalized spacial score (nSPS) is 12.9. The Bertz CT molecular complexity index is 1240. The van der Waals surface area contributed by atoms with Crippen LogP contribution in [-0.4, -0.2) is 52.9 Å². The summed E-state index contributed by atoms with van der Waals surface area (Å²) in [5, 5.41) is 7.63. The first kappa shape index (κ1) is 27.9. The number of hydrogen-bond donors (Lipinski definition) is 3. The summed E-state index contributed by atoms with van der Waals surface area (Å²) in [7, 11) is 0. The van der Waals surface area contributed by atoms with Crippen LogP contribution >= 0.6 is 0 Å². The highest BCUT2D eigenvalue weighted by Crippen LogP contribution is 2.05. The Balaban J connectivity index is 1.62. The van der Waals surface area contributed by atoms with Gasteiger partial charge in [-0.15, -0.1) is 0 Å². The predicted molar refractivity (Wildman–Crippen MR) is 141 cm³/mol. The van der Waals surface area contributed by atoms with Gasteiger partial charge in [0.1, 0.15) is 12.3 Å². The molecule has 3 atom stereocenters. The average molecular weight is 515 g/mol. The summed E-state index contributed by atoms with van der Waals surface area (Å²) in [5.74, 6) is -2.91. The molecule has 0 fully saturated rings. The number of carbonyl (C=O) groups excluding carboxylic acids is 5. The van der Waals surface area contributed by atoms with Crippen molar-refractivity contribution in [1.82, 2.24) is 20.9 Å². The van der Waals surface area contributed by atoms with Gasteiger partial charge in [-0.1, -0.05) is 66.7 Å². The van der Waals surface area contributed by atoms with E-state index in [4.69, 9.17) is 0 Å². The molecule has 0 aliphatic rings. The molecule has 1 heterocycles. The number of ketones is 1. The molecule has 2 aromatic carbocycles. The maximum absolute atomic E-state index is 13.1. The number of benzene rings is 2. The molecule has 0 aliphatic heterocycles. The lowest BCUT2D eigenvalue weighted by Crippen LogP contribution is -2.54. The zero-order chi connectivity index (χ0) is 27.3. The van der Waals surface area contributed by atoms with E-state index in [1.807, 2.05) is 36.4 Å². The van der Waals surface area contributed by atoms with E-state index in [0.29, 0.717) is 12.0 Å².